The number of esters is 1. The lowest BCUT2D eigenvalue weighted by atomic mass is 10.0. The average Bonchev–Trinajstić information content (AvgIpc) is 2.83. The van der Waals surface area contributed by atoms with Crippen LogP contribution >= 0.6 is 34.2 Å². The van der Waals surface area contributed by atoms with Crippen molar-refractivity contribution in [1.29, 1.82) is 0 Å². The molecule has 7 nitrogen and oxygen atoms in total. The summed E-state index contributed by atoms with van der Waals surface area (Å²) < 4.78 is 48.6. The molecule has 0 bridgehead atoms. The fourth-order valence-electron chi connectivity index (χ4n) is 3.92. The molecular formula is C26H33ClFIN2O5S. The number of nitrogens with one attached hydrogen (secondary N) is 1. The van der Waals surface area contributed by atoms with Gasteiger partial charge in [0, 0.05) is 21.1 Å². The van der Waals surface area contributed by atoms with E-state index in [9.17, 15) is 22.4 Å². The first-order valence-corrected chi connectivity index (χ1v) is 14.9. The number of amides is 1. The van der Waals surface area contributed by atoms with Gasteiger partial charge in [-0.2, -0.15) is 0 Å². The van der Waals surface area contributed by atoms with Gasteiger partial charge in [-0.1, -0.05) is 31.9 Å². The van der Waals surface area contributed by atoms with Crippen molar-refractivity contribution in [2.75, 3.05) is 11.4 Å². The Morgan fingerprint density at radius 1 is 1.11 bits per heavy atom. The monoisotopic (exact) mass is 666 g/mol. The molecule has 204 valence electrons. The first-order valence-electron chi connectivity index (χ1n) is 12.0. The van der Waals surface area contributed by atoms with Crippen LogP contribution in [0.15, 0.2) is 47.4 Å². The molecule has 0 radical (unpaired) electrons. The van der Waals surface area contributed by atoms with Crippen LogP contribution in [-0.2, 0) is 24.3 Å². The highest BCUT2D eigenvalue weighted by atomic mass is 127. The minimum Gasteiger partial charge on any atom is -0.467 e. The lowest BCUT2D eigenvalue weighted by Gasteiger charge is -2.31. The molecule has 2 unspecified atom stereocenters. The second-order valence-corrected chi connectivity index (χ2v) is 12.7. The molecule has 0 heterocycles. The van der Waals surface area contributed by atoms with Gasteiger partial charge in [-0.25, -0.2) is 17.6 Å². The molecule has 2 atom stereocenters. The molecule has 0 saturated heterocycles. The molecule has 2 rings (SSSR count). The van der Waals surface area contributed by atoms with E-state index in [0.29, 0.717) is 34.3 Å². The van der Waals surface area contributed by atoms with Gasteiger partial charge in [0.25, 0.3) is 10.0 Å². The molecular weight excluding hydrogens is 634 g/mol. The van der Waals surface area contributed by atoms with Crippen molar-refractivity contribution in [3.63, 3.8) is 0 Å². The second-order valence-electron chi connectivity index (χ2n) is 9.22. The zero-order chi connectivity index (χ0) is 27.8. The van der Waals surface area contributed by atoms with Gasteiger partial charge in [0.2, 0.25) is 5.91 Å². The second kappa shape index (κ2) is 14.3. The van der Waals surface area contributed by atoms with E-state index in [0.717, 1.165) is 4.31 Å². The number of hydrogen-bond acceptors (Lipinski definition) is 5. The predicted octanol–water partition coefficient (Wildman–Crippen LogP) is 5.93. The normalized spacial score (nSPS) is 13.2. The van der Waals surface area contributed by atoms with Crippen LogP contribution in [0.3, 0.4) is 0 Å². The molecule has 0 aliphatic rings. The third-order valence-corrected chi connectivity index (χ3v) is 8.59. The summed E-state index contributed by atoms with van der Waals surface area (Å²) in [5.41, 5.74) is -0.0401. The van der Waals surface area contributed by atoms with Crippen LogP contribution in [-0.4, -0.2) is 39.5 Å². The number of nitrogens with zero attached hydrogens (tertiary/aromatic N) is 1. The summed E-state index contributed by atoms with van der Waals surface area (Å²) in [6.07, 6.45) is 2.00. The fraction of sp³-hybridized carbons (Fsp3) is 0.462. The van der Waals surface area contributed by atoms with E-state index in [1.807, 2.05) is 36.4 Å². The maximum Gasteiger partial charge on any atom is 0.328 e. The molecule has 0 fully saturated rings. The van der Waals surface area contributed by atoms with Crippen LogP contribution in [0.1, 0.15) is 52.9 Å². The Balaban J connectivity index is 2.14. The van der Waals surface area contributed by atoms with Crippen LogP contribution in [0.5, 0.6) is 0 Å². The molecule has 1 amide bonds. The van der Waals surface area contributed by atoms with Crippen molar-refractivity contribution in [3.05, 3.63) is 56.9 Å². The minimum atomic E-state index is -4.10. The first kappa shape index (κ1) is 31.3. The van der Waals surface area contributed by atoms with Crippen molar-refractivity contribution in [2.24, 2.45) is 5.92 Å². The summed E-state index contributed by atoms with van der Waals surface area (Å²) >= 11 is 7.94. The largest absolute Gasteiger partial charge is 0.467 e. The molecule has 11 heteroatoms. The molecule has 37 heavy (non-hydrogen) atoms. The van der Waals surface area contributed by atoms with Crippen molar-refractivity contribution in [3.8, 4) is 0 Å². The molecule has 2 aromatic carbocycles. The summed E-state index contributed by atoms with van der Waals surface area (Å²) in [5, 5.41) is 3.11. The Kier molecular flexibility index (Phi) is 12.1. The lowest BCUT2D eigenvalue weighted by Crippen LogP contribution is -2.42. The topological polar surface area (TPSA) is 92.8 Å². The van der Waals surface area contributed by atoms with Gasteiger partial charge in [0.1, 0.15) is 11.9 Å². The van der Waals surface area contributed by atoms with E-state index < -0.39 is 33.9 Å². The fourth-order valence-corrected chi connectivity index (χ4v) is 6.20. The number of halogens is 3. The summed E-state index contributed by atoms with van der Waals surface area (Å²) in [5.74, 6) is -1.22. The molecule has 1 N–H and O–H groups in total. The summed E-state index contributed by atoms with van der Waals surface area (Å²) in [6.45, 7) is 5.61. The number of anilines is 1. The van der Waals surface area contributed by atoms with Gasteiger partial charge in [-0.3, -0.25) is 9.10 Å². The van der Waals surface area contributed by atoms with E-state index >= 15 is 0 Å². The van der Waals surface area contributed by atoms with Crippen molar-refractivity contribution in [2.45, 2.75) is 69.9 Å². The van der Waals surface area contributed by atoms with Crippen LogP contribution in [0.25, 0.3) is 0 Å². The Bertz CT molecular complexity index is 1180. The van der Waals surface area contributed by atoms with E-state index in [2.05, 4.69) is 5.32 Å². The number of carbonyl (C=O) groups is 2. The highest BCUT2D eigenvalue weighted by molar-refractivity contribution is 14.1. The molecule has 0 aromatic heterocycles. The molecule has 0 saturated carbocycles. The zero-order valence-corrected chi connectivity index (χ0v) is 25.1. The minimum absolute atomic E-state index is 0.000364. The Morgan fingerprint density at radius 3 is 2.35 bits per heavy atom. The molecule has 0 aliphatic heterocycles. The van der Waals surface area contributed by atoms with Gasteiger partial charge in [0.05, 0.1) is 17.7 Å². The first-order chi connectivity index (χ1) is 17.4. The van der Waals surface area contributed by atoms with Crippen molar-refractivity contribution in [1.82, 2.24) is 5.32 Å². The number of ether oxygens (including phenoxy) is 1. The third kappa shape index (κ3) is 9.10. The lowest BCUT2D eigenvalue weighted by molar-refractivity contribution is -0.145. The predicted molar refractivity (Wildman–Crippen MR) is 152 cm³/mol. The summed E-state index contributed by atoms with van der Waals surface area (Å²) in [4.78, 5) is 24.4. The van der Waals surface area contributed by atoms with Gasteiger partial charge in [-0.15, -0.1) is 0 Å². The molecule has 2 aromatic rings. The van der Waals surface area contributed by atoms with Crippen molar-refractivity contribution >= 4 is 61.8 Å². The van der Waals surface area contributed by atoms with Crippen LogP contribution in [0.2, 0.25) is 5.02 Å². The Morgan fingerprint density at radius 2 is 1.76 bits per heavy atom. The third-order valence-electron chi connectivity index (χ3n) is 5.72. The van der Waals surface area contributed by atoms with Gasteiger partial charge >= 0.3 is 5.97 Å². The van der Waals surface area contributed by atoms with E-state index in [-0.39, 0.29) is 28.8 Å². The van der Waals surface area contributed by atoms with Crippen molar-refractivity contribution < 1.29 is 27.1 Å². The van der Waals surface area contributed by atoms with Gasteiger partial charge in [-0.05, 0) is 97.2 Å². The standard InChI is InChI=1S/C26H33ClFIN2O5S/c1-17(2)15-23(26(33)36-4)30-25(32)8-6-5-7-18(3)31(24-16-20(29)11-14-22(24)28)37(34,35)21-12-9-19(27)10-13-21/h9-14,16-18,23H,5-8,15H2,1-4H3,(H,30,32). The number of sulfonamides is 1. The quantitative estimate of drug-likeness (QED) is 0.163. The SMILES string of the molecule is COC(=O)C(CC(C)C)NC(=O)CCCCC(C)N(c1cc(I)ccc1F)S(=O)(=O)c1ccc(Cl)cc1. The Labute approximate surface area is 237 Å². The maximum absolute atomic E-state index is 14.9. The number of methoxy groups -OCH3 is 1. The van der Waals surface area contributed by atoms with Crippen LogP contribution < -0.4 is 9.62 Å². The van der Waals surface area contributed by atoms with E-state index in [1.165, 1.54) is 43.5 Å². The zero-order valence-electron chi connectivity index (χ0n) is 21.3. The van der Waals surface area contributed by atoms with Crippen LogP contribution in [0, 0.1) is 15.3 Å². The highest BCUT2D eigenvalue weighted by Crippen LogP contribution is 2.32. The number of rotatable bonds is 13. The van der Waals surface area contributed by atoms with E-state index in [1.54, 1.807) is 13.0 Å². The Hall–Kier alpha value is -1.92. The summed E-state index contributed by atoms with van der Waals surface area (Å²) in [7, 11) is -2.82. The number of hydrogen-bond donors (Lipinski definition) is 1. The molecule has 0 spiro atoms. The number of unbranched alkanes of at least 4 members (excludes halogenated alkanes) is 1. The number of carbonyl (C=O) groups excluding carboxylic acids is 2. The van der Waals surface area contributed by atoms with Gasteiger partial charge in [0.15, 0.2) is 0 Å². The number of benzene rings is 2. The molecule has 0 aliphatic carbocycles. The smallest absolute Gasteiger partial charge is 0.328 e. The van der Waals surface area contributed by atoms with Gasteiger partial charge < -0.3 is 10.1 Å². The average molecular weight is 667 g/mol. The van der Waals surface area contributed by atoms with Crippen LogP contribution in [0.4, 0.5) is 10.1 Å². The maximum atomic E-state index is 14.9. The van der Waals surface area contributed by atoms with E-state index in [4.69, 9.17) is 16.3 Å². The highest BCUT2D eigenvalue weighted by Gasteiger charge is 2.31. The summed E-state index contributed by atoms with van der Waals surface area (Å²) in [6, 6.07) is 8.73.